The highest BCUT2D eigenvalue weighted by Gasteiger charge is 2.38. The molecule has 0 saturated carbocycles. The van der Waals surface area contributed by atoms with Crippen LogP contribution in [0.15, 0.2) is 22.8 Å². The first-order valence-corrected chi connectivity index (χ1v) is 7.59. The van der Waals surface area contributed by atoms with Crippen molar-refractivity contribution in [2.75, 3.05) is 13.2 Å². The first kappa shape index (κ1) is 14.8. The number of aromatic nitrogens is 1. The largest absolute Gasteiger partial charge is 0.370 e. The maximum Gasteiger partial charge on any atom is 0.370 e. The Kier molecular flexibility index (Phi) is 5.73. The third-order valence-electron chi connectivity index (χ3n) is 1.88. The average molecular weight is 326 g/mol. The standard InChI is InChI=1S/C10H14BrFNO3P/c1-3-15-17(14,16-4-2)10(12)8-6-5-7-9(11)13-8/h5-7,10H,3-4H2,1-2H3. The maximum absolute atomic E-state index is 14.1. The molecule has 0 spiro atoms. The van der Waals surface area contributed by atoms with Gasteiger partial charge in [0, 0.05) is 0 Å². The molecule has 0 aliphatic heterocycles. The Morgan fingerprint density at radius 2 is 2.00 bits per heavy atom. The summed E-state index contributed by atoms with van der Waals surface area (Å²) < 4.78 is 36.6. The quantitative estimate of drug-likeness (QED) is 0.584. The fraction of sp³-hybridized carbons (Fsp3) is 0.500. The zero-order chi connectivity index (χ0) is 12.9. The van der Waals surface area contributed by atoms with Crippen molar-refractivity contribution in [3.8, 4) is 0 Å². The molecule has 0 radical (unpaired) electrons. The van der Waals surface area contributed by atoms with Gasteiger partial charge >= 0.3 is 7.60 Å². The van der Waals surface area contributed by atoms with Crippen molar-refractivity contribution in [1.29, 1.82) is 0 Å². The number of nitrogens with zero attached hydrogens (tertiary/aromatic N) is 1. The predicted molar refractivity (Wildman–Crippen MR) is 66.6 cm³/mol. The predicted octanol–water partition coefficient (Wildman–Crippen LogP) is 4.08. The van der Waals surface area contributed by atoms with Gasteiger partial charge in [0.15, 0.2) is 0 Å². The Morgan fingerprint density at radius 3 is 2.47 bits per heavy atom. The lowest BCUT2D eigenvalue weighted by Gasteiger charge is -2.20. The van der Waals surface area contributed by atoms with E-state index in [2.05, 4.69) is 20.9 Å². The van der Waals surface area contributed by atoms with Crippen molar-refractivity contribution >= 4 is 23.5 Å². The summed E-state index contributed by atoms with van der Waals surface area (Å²) in [5.74, 6) is -1.88. The van der Waals surface area contributed by atoms with Crippen molar-refractivity contribution in [3.05, 3.63) is 28.5 Å². The molecule has 0 aromatic carbocycles. The van der Waals surface area contributed by atoms with Crippen LogP contribution >= 0.6 is 23.5 Å². The number of alkyl halides is 1. The minimum atomic E-state index is -3.80. The number of pyridine rings is 1. The van der Waals surface area contributed by atoms with E-state index < -0.39 is 13.5 Å². The highest BCUT2D eigenvalue weighted by atomic mass is 79.9. The van der Waals surface area contributed by atoms with Crippen molar-refractivity contribution in [2.45, 2.75) is 19.8 Å². The molecule has 4 nitrogen and oxygen atoms in total. The number of hydrogen-bond acceptors (Lipinski definition) is 4. The van der Waals surface area contributed by atoms with Gasteiger partial charge in [0.2, 0.25) is 5.91 Å². The minimum Gasteiger partial charge on any atom is -0.307 e. The minimum absolute atomic E-state index is 0.0320. The SMILES string of the molecule is CCOP(=O)(OCC)C(F)c1cccc(Br)n1. The summed E-state index contributed by atoms with van der Waals surface area (Å²) >= 11 is 3.13. The van der Waals surface area contributed by atoms with Gasteiger partial charge in [-0.05, 0) is 41.9 Å². The number of halogens is 2. The molecule has 0 fully saturated rings. The molecule has 1 aromatic heterocycles. The molecule has 17 heavy (non-hydrogen) atoms. The highest BCUT2D eigenvalue weighted by molar-refractivity contribution is 9.10. The molecule has 0 N–H and O–H groups in total. The molecule has 0 saturated heterocycles. The van der Waals surface area contributed by atoms with Crippen LogP contribution in [-0.4, -0.2) is 18.2 Å². The molecule has 1 heterocycles. The van der Waals surface area contributed by atoms with E-state index >= 15 is 0 Å². The molecule has 7 heteroatoms. The summed E-state index contributed by atoms with van der Waals surface area (Å²) in [5.41, 5.74) is 0.0320. The van der Waals surface area contributed by atoms with E-state index in [9.17, 15) is 8.96 Å². The lowest BCUT2D eigenvalue weighted by Crippen LogP contribution is -2.04. The first-order chi connectivity index (χ1) is 8.03. The molecular formula is C10H14BrFNO3P. The average Bonchev–Trinajstić information content (AvgIpc) is 2.28. The Bertz CT molecular complexity index is 408. The van der Waals surface area contributed by atoms with Gasteiger partial charge in [-0.25, -0.2) is 9.37 Å². The first-order valence-electron chi connectivity index (χ1n) is 5.18. The van der Waals surface area contributed by atoms with Crippen molar-refractivity contribution in [2.24, 2.45) is 0 Å². The van der Waals surface area contributed by atoms with Crippen LogP contribution in [-0.2, 0) is 13.6 Å². The molecular weight excluding hydrogens is 312 g/mol. The second-order valence-electron chi connectivity index (χ2n) is 3.10. The second kappa shape index (κ2) is 6.59. The zero-order valence-electron chi connectivity index (χ0n) is 9.60. The summed E-state index contributed by atoms with van der Waals surface area (Å²) in [5, 5.41) is 0. The maximum atomic E-state index is 14.1. The molecule has 0 aliphatic carbocycles. The summed E-state index contributed by atoms with van der Waals surface area (Å²) in [6.07, 6.45) is 0. The molecule has 96 valence electrons. The van der Waals surface area contributed by atoms with Gasteiger partial charge in [0.25, 0.3) is 0 Å². The van der Waals surface area contributed by atoms with E-state index in [0.717, 1.165) is 0 Å². The molecule has 1 atom stereocenters. The van der Waals surface area contributed by atoms with Crippen LogP contribution in [0.4, 0.5) is 4.39 Å². The van der Waals surface area contributed by atoms with Gasteiger partial charge in [0.05, 0.1) is 18.9 Å². The van der Waals surface area contributed by atoms with E-state index in [1.807, 2.05) is 0 Å². The lowest BCUT2D eigenvalue weighted by atomic mass is 10.4. The van der Waals surface area contributed by atoms with E-state index in [4.69, 9.17) is 9.05 Å². The zero-order valence-corrected chi connectivity index (χ0v) is 12.1. The molecule has 0 amide bonds. The summed E-state index contributed by atoms with van der Waals surface area (Å²) in [6.45, 7) is 3.50. The van der Waals surface area contributed by atoms with Gasteiger partial charge in [-0.15, -0.1) is 0 Å². The molecule has 1 aromatic rings. The van der Waals surface area contributed by atoms with Crippen LogP contribution in [0.3, 0.4) is 0 Å². The Morgan fingerprint density at radius 1 is 1.41 bits per heavy atom. The molecule has 0 bridgehead atoms. The third kappa shape index (κ3) is 3.85. The third-order valence-corrected chi connectivity index (χ3v) is 4.37. The van der Waals surface area contributed by atoms with E-state index in [1.54, 1.807) is 26.0 Å². The van der Waals surface area contributed by atoms with Crippen LogP contribution < -0.4 is 0 Å². The van der Waals surface area contributed by atoms with Crippen molar-refractivity contribution in [3.63, 3.8) is 0 Å². The number of hydrogen-bond donors (Lipinski definition) is 0. The van der Waals surface area contributed by atoms with Gasteiger partial charge in [0.1, 0.15) is 4.60 Å². The van der Waals surface area contributed by atoms with Crippen LogP contribution in [0.2, 0.25) is 0 Å². The Balaban J connectivity index is 2.99. The fourth-order valence-electron chi connectivity index (χ4n) is 1.25. The highest BCUT2D eigenvalue weighted by Crippen LogP contribution is 2.61. The van der Waals surface area contributed by atoms with Gasteiger partial charge in [-0.1, -0.05) is 6.07 Å². The normalized spacial score (nSPS) is 13.6. The van der Waals surface area contributed by atoms with Crippen LogP contribution in [0, 0.1) is 0 Å². The van der Waals surface area contributed by atoms with E-state index in [-0.39, 0.29) is 18.9 Å². The molecule has 0 aliphatic rings. The van der Waals surface area contributed by atoms with Crippen LogP contribution in [0.5, 0.6) is 0 Å². The van der Waals surface area contributed by atoms with E-state index in [0.29, 0.717) is 4.60 Å². The summed E-state index contributed by atoms with van der Waals surface area (Å²) in [7, 11) is -3.80. The van der Waals surface area contributed by atoms with Gasteiger partial charge in [-0.3, -0.25) is 4.57 Å². The fourth-order valence-corrected chi connectivity index (χ4v) is 3.13. The molecule has 1 rings (SSSR count). The summed E-state index contributed by atoms with van der Waals surface area (Å²) in [6, 6.07) is 4.71. The van der Waals surface area contributed by atoms with Gasteiger partial charge in [-0.2, -0.15) is 0 Å². The lowest BCUT2D eigenvalue weighted by molar-refractivity contribution is 0.189. The molecule has 1 unspecified atom stereocenters. The smallest absolute Gasteiger partial charge is 0.307 e. The van der Waals surface area contributed by atoms with Crippen molar-refractivity contribution < 1.29 is 18.0 Å². The van der Waals surface area contributed by atoms with Crippen LogP contribution in [0.25, 0.3) is 0 Å². The second-order valence-corrected chi connectivity index (χ2v) is 5.96. The topological polar surface area (TPSA) is 48.4 Å². The monoisotopic (exact) mass is 325 g/mol. The Labute approximate surface area is 108 Å². The number of rotatable bonds is 6. The summed E-state index contributed by atoms with van der Waals surface area (Å²) in [4.78, 5) is 3.91. The van der Waals surface area contributed by atoms with Crippen molar-refractivity contribution in [1.82, 2.24) is 4.98 Å². The van der Waals surface area contributed by atoms with E-state index in [1.165, 1.54) is 6.07 Å². The Hall–Kier alpha value is -0.290. The van der Waals surface area contributed by atoms with Gasteiger partial charge < -0.3 is 9.05 Å². The van der Waals surface area contributed by atoms with Crippen LogP contribution in [0.1, 0.15) is 25.5 Å².